The first-order valence-electron chi connectivity index (χ1n) is 5.29. The summed E-state index contributed by atoms with van der Waals surface area (Å²) in [7, 11) is 0. The van der Waals surface area contributed by atoms with E-state index in [1.54, 1.807) is 6.92 Å². The van der Waals surface area contributed by atoms with Crippen molar-refractivity contribution < 1.29 is 9.53 Å². The van der Waals surface area contributed by atoms with E-state index in [0.717, 1.165) is 0 Å². The van der Waals surface area contributed by atoms with Crippen LogP contribution in [0.25, 0.3) is 0 Å². The van der Waals surface area contributed by atoms with E-state index in [1.165, 1.54) is 6.08 Å². The third-order valence-electron chi connectivity index (χ3n) is 2.38. The van der Waals surface area contributed by atoms with Crippen LogP contribution in [-0.4, -0.2) is 12.6 Å². The molecule has 2 N–H and O–H groups in total. The van der Waals surface area contributed by atoms with E-state index in [-0.39, 0.29) is 11.9 Å². The number of hydrogen-bond donors (Lipinski definition) is 1. The Morgan fingerprint density at radius 1 is 1.47 bits per heavy atom. The third kappa shape index (κ3) is 5.25. The van der Waals surface area contributed by atoms with Crippen LogP contribution in [-0.2, 0) is 9.53 Å². The van der Waals surface area contributed by atoms with Gasteiger partial charge in [0.25, 0.3) is 0 Å². The number of carbonyl (C=O) groups is 1. The van der Waals surface area contributed by atoms with Crippen molar-refractivity contribution in [1.29, 1.82) is 0 Å². The van der Waals surface area contributed by atoms with E-state index in [0.29, 0.717) is 18.2 Å². The van der Waals surface area contributed by atoms with Gasteiger partial charge in [-0.15, -0.1) is 0 Å². The molecular formula is C12H21NO2. The predicted molar refractivity (Wildman–Crippen MR) is 62.0 cm³/mol. The fourth-order valence-corrected chi connectivity index (χ4v) is 1.23. The lowest BCUT2D eigenvalue weighted by Gasteiger charge is -2.16. The molecular weight excluding hydrogens is 190 g/mol. The van der Waals surface area contributed by atoms with E-state index in [2.05, 4.69) is 13.0 Å². The Labute approximate surface area is 92.0 Å². The number of rotatable bonds is 5. The van der Waals surface area contributed by atoms with Crippen molar-refractivity contribution in [3.05, 3.63) is 23.9 Å². The first kappa shape index (κ1) is 13.8. The lowest BCUT2D eigenvalue weighted by molar-refractivity contribution is -0.137. The topological polar surface area (TPSA) is 52.3 Å². The van der Waals surface area contributed by atoms with Crippen molar-refractivity contribution in [3.8, 4) is 0 Å². The van der Waals surface area contributed by atoms with E-state index in [1.807, 2.05) is 19.9 Å². The molecule has 0 aromatic rings. The second-order valence-corrected chi connectivity index (χ2v) is 3.57. The van der Waals surface area contributed by atoms with Crippen molar-refractivity contribution in [2.45, 2.75) is 27.7 Å². The second kappa shape index (κ2) is 7.10. The summed E-state index contributed by atoms with van der Waals surface area (Å²) in [6.07, 6.45) is 5.42. The molecule has 0 fully saturated rings. The van der Waals surface area contributed by atoms with Crippen molar-refractivity contribution in [2.75, 3.05) is 6.61 Å². The summed E-state index contributed by atoms with van der Waals surface area (Å²) < 4.78 is 4.79. The summed E-state index contributed by atoms with van der Waals surface area (Å²) in [5.74, 6) is 0.0980. The van der Waals surface area contributed by atoms with Crippen molar-refractivity contribution in [1.82, 2.24) is 0 Å². The highest BCUT2D eigenvalue weighted by Crippen LogP contribution is 2.17. The average Bonchev–Trinajstić information content (AvgIpc) is 2.17. The molecule has 0 amide bonds. The zero-order chi connectivity index (χ0) is 11.8. The van der Waals surface area contributed by atoms with E-state index >= 15 is 0 Å². The number of nitrogens with two attached hydrogens (primary N) is 1. The van der Waals surface area contributed by atoms with Gasteiger partial charge in [0.05, 0.1) is 6.61 Å². The number of allylic oxidation sites excluding steroid dienone is 3. The second-order valence-electron chi connectivity index (χ2n) is 3.57. The molecule has 0 radical (unpaired) electrons. The van der Waals surface area contributed by atoms with Crippen LogP contribution >= 0.6 is 0 Å². The van der Waals surface area contributed by atoms with Gasteiger partial charge in [0, 0.05) is 17.7 Å². The Morgan fingerprint density at radius 3 is 2.53 bits per heavy atom. The van der Waals surface area contributed by atoms with E-state index < -0.39 is 0 Å². The number of hydrogen-bond acceptors (Lipinski definition) is 3. The van der Waals surface area contributed by atoms with Crippen LogP contribution in [0.4, 0.5) is 0 Å². The molecule has 0 aliphatic rings. The first-order chi connectivity index (χ1) is 7.02. The Morgan fingerprint density at radius 2 is 2.07 bits per heavy atom. The Kier molecular flexibility index (Phi) is 6.50. The van der Waals surface area contributed by atoms with Crippen LogP contribution in [0.1, 0.15) is 27.7 Å². The zero-order valence-corrected chi connectivity index (χ0v) is 9.99. The SMILES string of the molecule is C/C=C/[C@@H](C)[C@@H](C)/C(N)=C/C(=O)OCC. The molecule has 0 spiro atoms. The van der Waals surface area contributed by atoms with Crippen LogP contribution in [0, 0.1) is 11.8 Å². The minimum Gasteiger partial charge on any atom is -0.463 e. The minimum atomic E-state index is -0.366. The Bertz CT molecular complexity index is 256. The summed E-state index contributed by atoms with van der Waals surface area (Å²) in [4.78, 5) is 11.1. The van der Waals surface area contributed by atoms with Gasteiger partial charge in [-0.2, -0.15) is 0 Å². The third-order valence-corrected chi connectivity index (χ3v) is 2.38. The lowest BCUT2D eigenvalue weighted by atomic mass is 9.92. The van der Waals surface area contributed by atoms with Crippen LogP contribution in [0.2, 0.25) is 0 Å². The molecule has 0 aliphatic carbocycles. The summed E-state index contributed by atoms with van der Waals surface area (Å²) in [6.45, 7) is 8.18. The molecule has 0 heterocycles. The summed E-state index contributed by atoms with van der Waals surface area (Å²) in [5.41, 5.74) is 6.37. The molecule has 3 heteroatoms. The van der Waals surface area contributed by atoms with E-state index in [9.17, 15) is 4.79 Å². The number of esters is 1. The van der Waals surface area contributed by atoms with Gasteiger partial charge in [-0.1, -0.05) is 26.0 Å². The highest BCUT2D eigenvalue weighted by Gasteiger charge is 2.13. The molecule has 15 heavy (non-hydrogen) atoms. The smallest absolute Gasteiger partial charge is 0.332 e. The summed E-state index contributed by atoms with van der Waals surface area (Å²) >= 11 is 0. The predicted octanol–water partition coefficient (Wildman–Crippen LogP) is 2.24. The van der Waals surface area contributed by atoms with Gasteiger partial charge in [0.2, 0.25) is 0 Å². The minimum absolute atomic E-state index is 0.144. The van der Waals surface area contributed by atoms with Gasteiger partial charge in [0.1, 0.15) is 0 Å². The largest absolute Gasteiger partial charge is 0.463 e. The van der Waals surface area contributed by atoms with Crippen molar-refractivity contribution >= 4 is 5.97 Å². The maximum Gasteiger partial charge on any atom is 0.332 e. The van der Waals surface area contributed by atoms with Crippen LogP contribution in [0.5, 0.6) is 0 Å². The molecule has 0 bridgehead atoms. The summed E-state index contributed by atoms with van der Waals surface area (Å²) in [6, 6.07) is 0. The quantitative estimate of drug-likeness (QED) is 0.431. The van der Waals surface area contributed by atoms with Crippen LogP contribution in [0.15, 0.2) is 23.9 Å². The molecule has 2 atom stereocenters. The molecule has 3 nitrogen and oxygen atoms in total. The number of ether oxygens (including phenoxy) is 1. The maximum absolute atomic E-state index is 11.1. The van der Waals surface area contributed by atoms with Crippen molar-refractivity contribution in [2.24, 2.45) is 17.6 Å². The fraction of sp³-hybridized carbons (Fsp3) is 0.583. The molecule has 0 aromatic heterocycles. The van der Waals surface area contributed by atoms with Crippen molar-refractivity contribution in [3.63, 3.8) is 0 Å². The molecule has 0 saturated heterocycles. The van der Waals surface area contributed by atoms with Crippen LogP contribution in [0.3, 0.4) is 0 Å². The van der Waals surface area contributed by atoms with Gasteiger partial charge >= 0.3 is 5.97 Å². The Balaban J connectivity index is 4.41. The highest BCUT2D eigenvalue weighted by atomic mass is 16.5. The maximum atomic E-state index is 11.1. The zero-order valence-electron chi connectivity index (χ0n) is 9.99. The van der Waals surface area contributed by atoms with Gasteiger partial charge in [-0.3, -0.25) is 0 Å². The fourth-order valence-electron chi connectivity index (χ4n) is 1.23. The number of carbonyl (C=O) groups excluding carboxylic acids is 1. The Hall–Kier alpha value is -1.25. The molecule has 0 saturated carbocycles. The van der Waals surface area contributed by atoms with Gasteiger partial charge in [-0.25, -0.2) is 4.79 Å². The van der Waals surface area contributed by atoms with E-state index in [4.69, 9.17) is 10.5 Å². The molecule has 0 rings (SSSR count). The molecule has 0 aliphatic heterocycles. The first-order valence-corrected chi connectivity index (χ1v) is 5.29. The highest BCUT2D eigenvalue weighted by molar-refractivity contribution is 5.82. The van der Waals surface area contributed by atoms with Gasteiger partial charge in [-0.05, 0) is 19.8 Å². The summed E-state index contributed by atoms with van der Waals surface area (Å²) in [5, 5.41) is 0. The lowest BCUT2D eigenvalue weighted by Crippen LogP contribution is -2.17. The molecule has 0 unspecified atom stereocenters. The standard InChI is InChI=1S/C12H21NO2/c1-5-7-9(3)10(4)11(13)8-12(14)15-6-2/h5,7-10H,6,13H2,1-4H3/b7-5+,11-8-/t9-,10-/m1/s1. The van der Waals surface area contributed by atoms with Crippen LogP contribution < -0.4 is 5.73 Å². The normalized spacial score (nSPS) is 16.4. The average molecular weight is 211 g/mol. The molecule has 86 valence electrons. The van der Waals surface area contributed by atoms with Gasteiger partial charge < -0.3 is 10.5 Å². The molecule has 0 aromatic carbocycles. The van der Waals surface area contributed by atoms with Gasteiger partial charge in [0.15, 0.2) is 0 Å². The monoisotopic (exact) mass is 211 g/mol.